The van der Waals surface area contributed by atoms with E-state index in [4.69, 9.17) is 0 Å². The number of H-pyrrole nitrogens is 1. The number of likely N-dealkylation sites (N-methyl/N-ethyl adjacent to an activating group) is 1. The van der Waals surface area contributed by atoms with Gasteiger partial charge in [-0.15, -0.1) is 0 Å². The lowest BCUT2D eigenvalue weighted by atomic mass is 10.4. The molecule has 1 aromatic heterocycles. The number of aromatic nitrogens is 1. The predicted molar refractivity (Wildman–Crippen MR) is 62.3 cm³/mol. The maximum Gasteiger partial charge on any atom is 0.239 e. The maximum absolute atomic E-state index is 11.2. The van der Waals surface area contributed by atoms with E-state index in [-0.39, 0.29) is 18.4 Å². The van der Waals surface area contributed by atoms with Gasteiger partial charge in [0.1, 0.15) is 11.6 Å². The first-order chi connectivity index (χ1) is 7.65. The molecule has 0 aliphatic heterocycles. The fourth-order valence-electron chi connectivity index (χ4n) is 1.13. The molecule has 0 bridgehead atoms. The van der Waals surface area contributed by atoms with Crippen LogP contribution in [0.15, 0.2) is 12.1 Å². The van der Waals surface area contributed by atoms with Crippen LogP contribution < -0.4 is 16.0 Å². The SMILES string of the molecule is CCC(=O)Nc1ccc(NC(=O)CNC)[nH]1. The maximum atomic E-state index is 11.2. The quantitative estimate of drug-likeness (QED) is 0.588. The first-order valence-corrected chi connectivity index (χ1v) is 5.09. The zero-order valence-electron chi connectivity index (χ0n) is 9.39. The minimum absolute atomic E-state index is 0.0741. The van der Waals surface area contributed by atoms with Crippen LogP contribution in [0.5, 0.6) is 0 Å². The van der Waals surface area contributed by atoms with Crippen molar-refractivity contribution in [2.75, 3.05) is 24.2 Å². The van der Waals surface area contributed by atoms with Gasteiger partial charge in [0.15, 0.2) is 0 Å². The zero-order valence-corrected chi connectivity index (χ0v) is 9.39. The third kappa shape index (κ3) is 3.74. The van der Waals surface area contributed by atoms with Crippen molar-refractivity contribution in [3.8, 4) is 0 Å². The van der Waals surface area contributed by atoms with E-state index in [1.807, 2.05) is 0 Å². The summed E-state index contributed by atoms with van der Waals surface area (Å²) < 4.78 is 0. The number of nitrogens with one attached hydrogen (secondary N) is 4. The van der Waals surface area contributed by atoms with Gasteiger partial charge in [-0.1, -0.05) is 6.92 Å². The molecule has 16 heavy (non-hydrogen) atoms. The Hall–Kier alpha value is -1.82. The minimum Gasteiger partial charge on any atom is -0.328 e. The average Bonchev–Trinajstić information content (AvgIpc) is 2.65. The van der Waals surface area contributed by atoms with E-state index < -0.39 is 0 Å². The van der Waals surface area contributed by atoms with Gasteiger partial charge in [-0.25, -0.2) is 0 Å². The molecule has 0 aliphatic rings. The minimum atomic E-state index is -0.141. The van der Waals surface area contributed by atoms with Gasteiger partial charge >= 0.3 is 0 Å². The van der Waals surface area contributed by atoms with Crippen molar-refractivity contribution in [3.63, 3.8) is 0 Å². The topological polar surface area (TPSA) is 86.0 Å². The molecule has 0 radical (unpaired) electrons. The summed E-state index contributed by atoms with van der Waals surface area (Å²) in [5.74, 6) is 0.922. The summed E-state index contributed by atoms with van der Waals surface area (Å²) in [6.07, 6.45) is 0.417. The summed E-state index contributed by atoms with van der Waals surface area (Å²) in [4.78, 5) is 25.2. The van der Waals surface area contributed by atoms with Gasteiger partial charge in [-0.05, 0) is 19.2 Å². The van der Waals surface area contributed by atoms with E-state index in [1.54, 1.807) is 26.1 Å². The smallest absolute Gasteiger partial charge is 0.239 e. The van der Waals surface area contributed by atoms with Crippen LogP contribution in [0.4, 0.5) is 11.6 Å². The number of amides is 2. The Balaban J connectivity index is 2.51. The number of hydrogen-bond acceptors (Lipinski definition) is 3. The third-order valence-electron chi connectivity index (χ3n) is 1.89. The van der Waals surface area contributed by atoms with Gasteiger partial charge in [-0.3, -0.25) is 9.59 Å². The van der Waals surface area contributed by atoms with Crippen molar-refractivity contribution in [1.82, 2.24) is 10.3 Å². The van der Waals surface area contributed by atoms with Crippen LogP contribution in [0.2, 0.25) is 0 Å². The highest BCUT2D eigenvalue weighted by atomic mass is 16.2. The van der Waals surface area contributed by atoms with Crippen LogP contribution in [0.1, 0.15) is 13.3 Å². The Kier molecular flexibility index (Phi) is 4.53. The lowest BCUT2D eigenvalue weighted by Crippen LogP contribution is -2.25. The highest BCUT2D eigenvalue weighted by molar-refractivity contribution is 5.93. The van der Waals surface area contributed by atoms with Crippen molar-refractivity contribution >= 4 is 23.5 Å². The summed E-state index contributed by atoms with van der Waals surface area (Å²) in [6, 6.07) is 3.39. The van der Waals surface area contributed by atoms with Gasteiger partial charge in [0, 0.05) is 6.42 Å². The number of rotatable bonds is 5. The van der Waals surface area contributed by atoms with Gasteiger partial charge in [-0.2, -0.15) is 0 Å². The van der Waals surface area contributed by atoms with Crippen molar-refractivity contribution in [2.24, 2.45) is 0 Å². The molecule has 2 amide bonds. The fraction of sp³-hybridized carbons (Fsp3) is 0.400. The molecule has 0 spiro atoms. The van der Waals surface area contributed by atoms with Crippen LogP contribution in [-0.2, 0) is 9.59 Å². The lowest BCUT2D eigenvalue weighted by molar-refractivity contribution is -0.116. The molecule has 1 aromatic rings. The first-order valence-electron chi connectivity index (χ1n) is 5.09. The summed E-state index contributed by atoms with van der Waals surface area (Å²) in [5, 5.41) is 8.04. The van der Waals surface area contributed by atoms with E-state index in [0.29, 0.717) is 18.1 Å². The van der Waals surface area contributed by atoms with Crippen molar-refractivity contribution < 1.29 is 9.59 Å². The first kappa shape index (κ1) is 12.3. The molecule has 0 fully saturated rings. The molecule has 6 heteroatoms. The number of carbonyl (C=O) groups excluding carboxylic acids is 2. The molecular formula is C10H16N4O2. The molecule has 0 unspecified atom stereocenters. The number of hydrogen-bond donors (Lipinski definition) is 4. The monoisotopic (exact) mass is 224 g/mol. The molecule has 6 nitrogen and oxygen atoms in total. The van der Waals surface area contributed by atoms with Crippen molar-refractivity contribution in [1.29, 1.82) is 0 Å². The van der Waals surface area contributed by atoms with Crippen LogP contribution in [-0.4, -0.2) is 30.4 Å². The summed E-state index contributed by atoms with van der Waals surface area (Å²) in [6.45, 7) is 2.02. The Morgan fingerprint density at radius 3 is 2.25 bits per heavy atom. The summed E-state index contributed by atoms with van der Waals surface area (Å²) in [5.41, 5.74) is 0. The van der Waals surface area contributed by atoms with Crippen molar-refractivity contribution in [3.05, 3.63) is 12.1 Å². The van der Waals surface area contributed by atoms with Crippen LogP contribution in [0, 0.1) is 0 Å². The molecule has 1 heterocycles. The van der Waals surface area contributed by atoms with Gasteiger partial charge in [0.2, 0.25) is 11.8 Å². The van der Waals surface area contributed by atoms with Crippen molar-refractivity contribution in [2.45, 2.75) is 13.3 Å². The van der Waals surface area contributed by atoms with E-state index >= 15 is 0 Å². The van der Waals surface area contributed by atoms with E-state index in [1.165, 1.54) is 0 Å². The molecule has 0 aromatic carbocycles. The molecule has 0 saturated heterocycles. The molecule has 1 rings (SSSR count). The summed E-state index contributed by atoms with van der Waals surface area (Å²) >= 11 is 0. The van der Waals surface area contributed by atoms with Gasteiger partial charge in [0.05, 0.1) is 6.54 Å². The standard InChI is InChI=1S/C10H16N4O2/c1-3-9(15)13-7-4-5-8(12-7)14-10(16)6-11-2/h4-5,11-12H,3,6H2,1-2H3,(H,13,15)(H,14,16). The van der Waals surface area contributed by atoms with Gasteiger partial charge in [0.25, 0.3) is 0 Å². The number of aromatic amines is 1. The number of carbonyl (C=O) groups is 2. The molecule has 0 saturated carbocycles. The molecule has 88 valence electrons. The Morgan fingerprint density at radius 1 is 1.19 bits per heavy atom. The average molecular weight is 224 g/mol. The fourth-order valence-corrected chi connectivity index (χ4v) is 1.13. The molecular weight excluding hydrogens is 208 g/mol. The Morgan fingerprint density at radius 2 is 1.75 bits per heavy atom. The highest BCUT2D eigenvalue weighted by Gasteiger charge is 2.04. The molecule has 0 atom stereocenters. The van der Waals surface area contributed by atoms with E-state index in [9.17, 15) is 9.59 Å². The van der Waals surface area contributed by atoms with Crippen LogP contribution in [0.25, 0.3) is 0 Å². The predicted octanol–water partition coefficient (Wildman–Crippen LogP) is 0.521. The Bertz CT molecular complexity index is 373. The van der Waals surface area contributed by atoms with Crippen LogP contribution in [0.3, 0.4) is 0 Å². The summed E-state index contributed by atoms with van der Waals surface area (Å²) in [7, 11) is 1.70. The normalized spacial score (nSPS) is 9.88. The van der Waals surface area contributed by atoms with E-state index in [0.717, 1.165) is 0 Å². The lowest BCUT2D eigenvalue weighted by Gasteiger charge is -2.02. The van der Waals surface area contributed by atoms with Crippen LogP contribution >= 0.6 is 0 Å². The van der Waals surface area contributed by atoms with E-state index in [2.05, 4.69) is 20.9 Å². The second-order valence-electron chi connectivity index (χ2n) is 3.27. The third-order valence-corrected chi connectivity index (χ3v) is 1.89. The Labute approximate surface area is 93.8 Å². The molecule has 0 aliphatic carbocycles. The second-order valence-corrected chi connectivity index (χ2v) is 3.27. The highest BCUT2D eigenvalue weighted by Crippen LogP contribution is 2.11. The largest absolute Gasteiger partial charge is 0.328 e. The second kappa shape index (κ2) is 5.92. The van der Waals surface area contributed by atoms with Gasteiger partial charge < -0.3 is 20.9 Å². The zero-order chi connectivity index (χ0) is 12.0. The molecule has 4 N–H and O–H groups in total. The number of anilines is 2.